The number of fused-ring (bicyclic) bond motifs is 2. The van der Waals surface area contributed by atoms with Crippen LogP contribution in [0, 0.1) is 5.92 Å². The number of nitrogens with two attached hydrogens (primary N) is 1. The maximum atomic E-state index is 12.5. The molecular formula is C17H20N4OS. The number of rotatable bonds is 3. The number of thiazole rings is 1. The fourth-order valence-corrected chi connectivity index (χ4v) is 4.50. The van der Waals surface area contributed by atoms with Gasteiger partial charge in [-0.05, 0) is 31.4 Å². The van der Waals surface area contributed by atoms with Gasteiger partial charge in [0.15, 0.2) is 5.01 Å². The van der Waals surface area contributed by atoms with E-state index in [9.17, 15) is 4.79 Å². The van der Waals surface area contributed by atoms with Crippen molar-refractivity contribution in [3.63, 3.8) is 0 Å². The molecular weight excluding hydrogens is 308 g/mol. The van der Waals surface area contributed by atoms with Crippen molar-refractivity contribution in [3.05, 3.63) is 35.5 Å². The van der Waals surface area contributed by atoms with Crippen LogP contribution in [0.15, 0.2) is 30.5 Å². The quantitative estimate of drug-likeness (QED) is 0.848. The van der Waals surface area contributed by atoms with Gasteiger partial charge in [0.1, 0.15) is 0 Å². The maximum Gasteiger partial charge on any atom is 0.280 e. The predicted octanol–water partition coefficient (Wildman–Crippen LogP) is 2.22. The summed E-state index contributed by atoms with van der Waals surface area (Å²) in [4.78, 5) is 20.1. The normalized spacial score (nSPS) is 26.2. The number of carbonyl (C=O) groups is 1. The number of aromatic nitrogens is 1. The number of nitrogen functional groups attached to an aromatic ring is 1. The van der Waals surface area contributed by atoms with Crippen LogP contribution in [0.3, 0.4) is 0 Å². The molecule has 1 unspecified atom stereocenters. The Labute approximate surface area is 139 Å². The minimum absolute atomic E-state index is 0.0664. The van der Waals surface area contributed by atoms with Gasteiger partial charge in [-0.1, -0.05) is 18.2 Å². The first kappa shape index (κ1) is 14.7. The van der Waals surface area contributed by atoms with Gasteiger partial charge in [-0.25, -0.2) is 4.98 Å². The topological polar surface area (TPSA) is 71.2 Å². The lowest BCUT2D eigenvalue weighted by atomic mass is 9.97. The van der Waals surface area contributed by atoms with E-state index in [1.54, 1.807) is 6.20 Å². The first-order chi connectivity index (χ1) is 11.2. The van der Waals surface area contributed by atoms with Crippen LogP contribution in [0.25, 0.3) is 10.4 Å². The first-order valence-corrected chi connectivity index (χ1v) is 8.84. The Morgan fingerprint density at radius 2 is 2.22 bits per heavy atom. The van der Waals surface area contributed by atoms with Gasteiger partial charge < -0.3 is 16.0 Å². The van der Waals surface area contributed by atoms with Gasteiger partial charge in [0.05, 0.1) is 4.88 Å². The molecule has 2 fully saturated rings. The van der Waals surface area contributed by atoms with Crippen LogP contribution in [0.5, 0.6) is 0 Å². The molecule has 5 nitrogen and oxygen atoms in total. The van der Waals surface area contributed by atoms with E-state index < -0.39 is 0 Å². The fourth-order valence-electron chi connectivity index (χ4n) is 3.64. The molecule has 3 heterocycles. The fraction of sp³-hybridized carbons (Fsp3) is 0.412. The van der Waals surface area contributed by atoms with Gasteiger partial charge in [-0.3, -0.25) is 4.79 Å². The van der Waals surface area contributed by atoms with Gasteiger partial charge in [-0.2, -0.15) is 0 Å². The summed E-state index contributed by atoms with van der Waals surface area (Å²) < 4.78 is 0. The number of carbonyl (C=O) groups excluding carboxylic acids is 1. The monoisotopic (exact) mass is 328 g/mol. The van der Waals surface area contributed by atoms with Crippen LogP contribution in [0.4, 0.5) is 5.69 Å². The Hall–Kier alpha value is -1.92. The summed E-state index contributed by atoms with van der Waals surface area (Å²) in [5.41, 5.74) is 7.64. The number of anilines is 1. The second-order valence-corrected chi connectivity index (χ2v) is 7.47. The molecule has 1 aromatic heterocycles. The molecule has 120 valence electrons. The van der Waals surface area contributed by atoms with Crippen LogP contribution in [0.1, 0.15) is 22.6 Å². The van der Waals surface area contributed by atoms with E-state index in [1.807, 2.05) is 24.3 Å². The second kappa shape index (κ2) is 5.94. The van der Waals surface area contributed by atoms with Gasteiger partial charge in [0, 0.05) is 36.6 Å². The highest BCUT2D eigenvalue weighted by molar-refractivity contribution is 7.17. The number of piperidine rings is 1. The van der Waals surface area contributed by atoms with Crippen molar-refractivity contribution in [2.24, 2.45) is 5.92 Å². The summed E-state index contributed by atoms with van der Waals surface area (Å²) in [7, 11) is 0. The largest absolute Gasteiger partial charge is 0.398 e. The van der Waals surface area contributed by atoms with Crippen molar-refractivity contribution in [1.29, 1.82) is 0 Å². The third-order valence-electron chi connectivity index (χ3n) is 4.73. The van der Waals surface area contributed by atoms with Crippen molar-refractivity contribution in [3.8, 4) is 10.4 Å². The highest BCUT2D eigenvalue weighted by Gasteiger charge is 2.33. The lowest BCUT2D eigenvalue weighted by Gasteiger charge is -2.30. The molecule has 0 radical (unpaired) electrons. The number of amides is 1. The molecule has 23 heavy (non-hydrogen) atoms. The number of nitrogens with one attached hydrogen (secondary N) is 1. The summed E-state index contributed by atoms with van der Waals surface area (Å²) in [5.74, 6) is 0.674. The number of hydrogen-bond donors (Lipinski definition) is 2. The Bertz CT molecular complexity index is 717. The third-order valence-corrected chi connectivity index (χ3v) is 5.76. The minimum atomic E-state index is -0.0664. The number of nitrogens with zero attached hydrogens (tertiary/aromatic N) is 2. The van der Waals surface area contributed by atoms with Gasteiger partial charge >= 0.3 is 0 Å². The Morgan fingerprint density at radius 3 is 3.04 bits per heavy atom. The predicted molar refractivity (Wildman–Crippen MR) is 92.4 cm³/mol. The molecule has 0 saturated carbocycles. The molecule has 1 aromatic carbocycles. The zero-order chi connectivity index (χ0) is 15.8. The Balaban J connectivity index is 1.46. The number of benzene rings is 1. The van der Waals surface area contributed by atoms with Crippen molar-refractivity contribution >= 4 is 22.9 Å². The van der Waals surface area contributed by atoms with Crippen LogP contribution >= 0.6 is 11.3 Å². The SMILES string of the molecule is Nc1ccccc1-c1cnc(C(=O)N[C@@H]2C[C@@H]3CCN(C3)C2)s1. The molecule has 2 aliphatic heterocycles. The van der Waals surface area contributed by atoms with Gasteiger partial charge in [0.2, 0.25) is 0 Å². The van der Waals surface area contributed by atoms with Crippen molar-refractivity contribution < 1.29 is 4.79 Å². The molecule has 6 heteroatoms. The molecule has 2 aliphatic rings. The first-order valence-electron chi connectivity index (χ1n) is 8.03. The molecule has 0 aliphatic carbocycles. The zero-order valence-electron chi connectivity index (χ0n) is 12.9. The van der Waals surface area contributed by atoms with Crippen molar-refractivity contribution in [2.45, 2.75) is 18.9 Å². The van der Waals surface area contributed by atoms with Crippen LogP contribution in [-0.4, -0.2) is 41.5 Å². The van der Waals surface area contributed by atoms with E-state index >= 15 is 0 Å². The molecule has 2 bridgehead atoms. The summed E-state index contributed by atoms with van der Waals surface area (Å²) in [6.07, 6.45) is 4.09. The highest BCUT2D eigenvalue weighted by Crippen LogP contribution is 2.31. The van der Waals surface area contributed by atoms with E-state index in [2.05, 4.69) is 15.2 Å². The minimum Gasteiger partial charge on any atom is -0.398 e. The molecule has 3 N–H and O–H groups in total. The van der Waals surface area contributed by atoms with Gasteiger partial charge in [-0.15, -0.1) is 11.3 Å². The molecule has 3 atom stereocenters. The third kappa shape index (κ3) is 2.96. The lowest BCUT2D eigenvalue weighted by molar-refractivity contribution is 0.0909. The van der Waals surface area contributed by atoms with Crippen LogP contribution < -0.4 is 11.1 Å². The van der Waals surface area contributed by atoms with Gasteiger partial charge in [0.25, 0.3) is 5.91 Å². The summed E-state index contributed by atoms with van der Waals surface area (Å²) in [6.45, 7) is 3.33. The van der Waals surface area contributed by atoms with E-state index in [0.717, 1.165) is 29.3 Å². The zero-order valence-corrected chi connectivity index (χ0v) is 13.7. The van der Waals surface area contributed by atoms with E-state index in [4.69, 9.17) is 5.73 Å². The van der Waals surface area contributed by atoms with Crippen molar-refractivity contribution in [2.75, 3.05) is 25.4 Å². The van der Waals surface area contributed by atoms with E-state index in [0.29, 0.717) is 10.7 Å². The van der Waals surface area contributed by atoms with Crippen LogP contribution in [-0.2, 0) is 0 Å². The summed E-state index contributed by atoms with van der Waals surface area (Å²) >= 11 is 1.40. The number of para-hydroxylation sites is 1. The molecule has 2 aromatic rings. The Kier molecular flexibility index (Phi) is 3.79. The second-order valence-electron chi connectivity index (χ2n) is 6.44. The average Bonchev–Trinajstić information content (AvgIpc) is 3.15. The van der Waals surface area contributed by atoms with Crippen molar-refractivity contribution in [1.82, 2.24) is 15.2 Å². The molecule has 0 spiro atoms. The average molecular weight is 328 g/mol. The summed E-state index contributed by atoms with van der Waals surface area (Å²) in [5, 5.41) is 3.66. The van der Waals surface area contributed by atoms with Crippen LogP contribution in [0.2, 0.25) is 0 Å². The molecule has 4 rings (SSSR count). The van der Waals surface area contributed by atoms with E-state index in [-0.39, 0.29) is 11.9 Å². The standard InChI is InChI=1S/C17H20N4OS/c18-14-4-2-1-3-13(14)15-8-19-17(23-15)16(22)20-12-7-11-5-6-21(9-11)10-12/h1-4,8,11-12H,5-7,9-10,18H2,(H,20,22)/t11-,12+/m0/s1. The summed E-state index contributed by atoms with van der Waals surface area (Å²) in [6, 6.07) is 7.91. The lowest BCUT2D eigenvalue weighted by Crippen LogP contribution is -2.46. The molecule has 1 amide bonds. The van der Waals surface area contributed by atoms with E-state index in [1.165, 1.54) is 30.8 Å². The number of hydrogen-bond acceptors (Lipinski definition) is 5. The maximum absolute atomic E-state index is 12.5. The highest BCUT2D eigenvalue weighted by atomic mass is 32.1. The molecule has 2 saturated heterocycles. The smallest absolute Gasteiger partial charge is 0.280 e. The Morgan fingerprint density at radius 1 is 1.35 bits per heavy atom.